The van der Waals surface area contributed by atoms with Crippen molar-refractivity contribution >= 4 is 11.9 Å². The topological polar surface area (TPSA) is 78.4 Å². The van der Waals surface area contributed by atoms with Crippen molar-refractivity contribution in [1.29, 1.82) is 0 Å². The molecule has 100 valence electrons. The molecule has 0 aromatic rings. The fourth-order valence-electron chi connectivity index (χ4n) is 1.45. The second-order valence-corrected chi connectivity index (χ2v) is 4.61. The molecule has 0 radical (unpaired) electrons. The van der Waals surface area contributed by atoms with Crippen molar-refractivity contribution in [2.24, 2.45) is 0 Å². The average molecular weight is 244 g/mol. The van der Waals surface area contributed by atoms with Gasteiger partial charge in [0, 0.05) is 31.5 Å². The van der Waals surface area contributed by atoms with Crippen LogP contribution >= 0.6 is 0 Å². The Kier molecular flexibility index (Phi) is 8.40. The van der Waals surface area contributed by atoms with E-state index in [4.69, 9.17) is 5.11 Å². The summed E-state index contributed by atoms with van der Waals surface area (Å²) < 4.78 is 0. The normalized spacial score (nSPS) is 12.5. The molecule has 1 unspecified atom stereocenters. The second-order valence-electron chi connectivity index (χ2n) is 4.61. The molecule has 0 aliphatic carbocycles. The number of hydrogen-bond donors (Lipinski definition) is 3. The lowest BCUT2D eigenvalue weighted by Crippen LogP contribution is -2.35. The van der Waals surface area contributed by atoms with Crippen LogP contribution in [0.5, 0.6) is 0 Å². The van der Waals surface area contributed by atoms with E-state index >= 15 is 0 Å². The number of hydrogen-bond acceptors (Lipinski definition) is 3. The van der Waals surface area contributed by atoms with E-state index in [1.165, 1.54) is 0 Å². The van der Waals surface area contributed by atoms with Crippen molar-refractivity contribution in [2.75, 3.05) is 6.54 Å². The van der Waals surface area contributed by atoms with Crippen LogP contribution in [-0.2, 0) is 9.59 Å². The van der Waals surface area contributed by atoms with Gasteiger partial charge >= 0.3 is 5.97 Å². The van der Waals surface area contributed by atoms with Gasteiger partial charge in [-0.2, -0.15) is 0 Å². The summed E-state index contributed by atoms with van der Waals surface area (Å²) in [6.45, 7) is 6.64. The van der Waals surface area contributed by atoms with Crippen LogP contribution < -0.4 is 10.6 Å². The highest BCUT2D eigenvalue weighted by Gasteiger charge is 2.08. The summed E-state index contributed by atoms with van der Waals surface area (Å²) in [5.41, 5.74) is 0. The van der Waals surface area contributed by atoms with Crippen molar-refractivity contribution in [2.45, 2.75) is 58.5 Å². The van der Waals surface area contributed by atoms with Gasteiger partial charge in [0.15, 0.2) is 0 Å². The highest BCUT2D eigenvalue weighted by molar-refractivity contribution is 5.76. The molecule has 0 heterocycles. The molecule has 17 heavy (non-hydrogen) atoms. The lowest BCUT2D eigenvalue weighted by atomic mass is 10.1. The first-order valence-electron chi connectivity index (χ1n) is 6.16. The average Bonchev–Trinajstić information content (AvgIpc) is 2.15. The number of aliphatic carboxylic acids is 1. The first kappa shape index (κ1) is 15.9. The maximum absolute atomic E-state index is 11.5. The minimum Gasteiger partial charge on any atom is -0.481 e. The van der Waals surface area contributed by atoms with Crippen LogP contribution in [0.4, 0.5) is 0 Å². The molecule has 5 heteroatoms. The quantitative estimate of drug-likeness (QED) is 0.568. The van der Waals surface area contributed by atoms with Crippen molar-refractivity contribution in [3.63, 3.8) is 0 Å². The number of rotatable bonds is 9. The van der Waals surface area contributed by atoms with E-state index in [1.54, 1.807) is 0 Å². The Bertz CT molecular complexity index is 242. The monoisotopic (exact) mass is 244 g/mol. The molecule has 0 saturated heterocycles. The molecule has 0 aliphatic rings. The lowest BCUT2D eigenvalue weighted by Gasteiger charge is -2.14. The van der Waals surface area contributed by atoms with E-state index in [9.17, 15) is 9.59 Å². The van der Waals surface area contributed by atoms with E-state index in [0.29, 0.717) is 31.8 Å². The summed E-state index contributed by atoms with van der Waals surface area (Å²) in [7, 11) is 0. The van der Waals surface area contributed by atoms with Crippen LogP contribution in [0.1, 0.15) is 46.5 Å². The molecular formula is C12H24N2O3. The smallest absolute Gasteiger partial charge is 0.303 e. The van der Waals surface area contributed by atoms with Gasteiger partial charge in [-0.25, -0.2) is 0 Å². The van der Waals surface area contributed by atoms with Crippen molar-refractivity contribution < 1.29 is 14.7 Å². The van der Waals surface area contributed by atoms with Gasteiger partial charge in [-0.3, -0.25) is 9.59 Å². The van der Waals surface area contributed by atoms with Crippen LogP contribution in [0.25, 0.3) is 0 Å². The van der Waals surface area contributed by atoms with Crippen molar-refractivity contribution in [1.82, 2.24) is 10.6 Å². The van der Waals surface area contributed by atoms with Gasteiger partial charge in [0.05, 0.1) is 0 Å². The minimum absolute atomic E-state index is 0.0148. The Labute approximate surface area is 103 Å². The summed E-state index contributed by atoms with van der Waals surface area (Å²) in [4.78, 5) is 21.8. The zero-order valence-corrected chi connectivity index (χ0v) is 11.0. The predicted molar refractivity (Wildman–Crippen MR) is 66.8 cm³/mol. The molecule has 0 fully saturated rings. The molecule has 0 aromatic heterocycles. The molecule has 5 nitrogen and oxygen atoms in total. The summed E-state index contributed by atoms with van der Waals surface area (Å²) in [6, 6.07) is 0.427. The number of carboxylic acids is 1. The number of carboxylic acid groups (broad SMARTS) is 1. The molecule has 0 spiro atoms. The Balaban J connectivity index is 3.55. The van der Waals surface area contributed by atoms with E-state index < -0.39 is 5.97 Å². The second kappa shape index (κ2) is 8.98. The first-order valence-corrected chi connectivity index (χ1v) is 6.16. The number of carbonyl (C=O) groups excluding carboxylic acids is 1. The van der Waals surface area contributed by atoms with Crippen LogP contribution in [0.2, 0.25) is 0 Å². The molecular weight excluding hydrogens is 220 g/mol. The molecule has 0 aromatic carbocycles. The van der Waals surface area contributed by atoms with Gasteiger partial charge in [-0.05, 0) is 19.8 Å². The lowest BCUT2D eigenvalue weighted by molar-refractivity contribution is -0.137. The molecule has 1 amide bonds. The molecule has 3 N–H and O–H groups in total. The predicted octanol–water partition coefficient (Wildman–Crippen LogP) is 1.13. The third-order valence-electron chi connectivity index (χ3n) is 2.34. The third-order valence-corrected chi connectivity index (χ3v) is 2.34. The van der Waals surface area contributed by atoms with Crippen LogP contribution in [0, 0.1) is 0 Å². The Morgan fingerprint density at radius 2 is 1.82 bits per heavy atom. The van der Waals surface area contributed by atoms with E-state index in [-0.39, 0.29) is 18.4 Å². The van der Waals surface area contributed by atoms with Gasteiger partial charge in [0.25, 0.3) is 0 Å². The van der Waals surface area contributed by atoms with Gasteiger partial charge in [0.1, 0.15) is 0 Å². The van der Waals surface area contributed by atoms with Gasteiger partial charge in [-0.1, -0.05) is 13.8 Å². The van der Waals surface area contributed by atoms with Crippen LogP contribution in [0.3, 0.4) is 0 Å². The largest absolute Gasteiger partial charge is 0.481 e. The van der Waals surface area contributed by atoms with Gasteiger partial charge < -0.3 is 15.7 Å². The third kappa shape index (κ3) is 11.2. The summed E-state index contributed by atoms with van der Waals surface area (Å²) in [5.74, 6) is -0.773. The van der Waals surface area contributed by atoms with Crippen LogP contribution in [0.15, 0.2) is 0 Å². The summed E-state index contributed by atoms with van der Waals surface area (Å²) >= 11 is 0. The standard InChI is InChI=1S/C12H24N2O3/c1-9(2)13-8-7-11(15)14-10(3)5-4-6-12(16)17/h9-10,13H,4-8H2,1-3H3,(H,14,15)(H,16,17). The fraction of sp³-hybridized carbons (Fsp3) is 0.833. The van der Waals surface area contributed by atoms with Crippen LogP contribution in [-0.4, -0.2) is 35.6 Å². The Hall–Kier alpha value is -1.10. The number of carbonyl (C=O) groups is 2. The van der Waals surface area contributed by atoms with Gasteiger partial charge in [0.2, 0.25) is 5.91 Å². The zero-order valence-electron chi connectivity index (χ0n) is 11.0. The summed E-state index contributed by atoms with van der Waals surface area (Å²) in [6.07, 6.45) is 1.92. The maximum Gasteiger partial charge on any atom is 0.303 e. The first-order chi connectivity index (χ1) is 7.91. The van der Waals surface area contributed by atoms with E-state index in [2.05, 4.69) is 10.6 Å². The van der Waals surface area contributed by atoms with E-state index in [0.717, 1.165) is 0 Å². The minimum atomic E-state index is -0.787. The molecule has 1 atom stereocenters. The fourth-order valence-corrected chi connectivity index (χ4v) is 1.45. The maximum atomic E-state index is 11.5. The number of nitrogens with one attached hydrogen (secondary N) is 2. The SMILES string of the molecule is CC(C)NCCC(=O)NC(C)CCCC(=O)O. The number of amides is 1. The molecule has 0 rings (SSSR count). The zero-order chi connectivity index (χ0) is 13.3. The summed E-state index contributed by atoms with van der Waals surface area (Å²) in [5, 5.41) is 14.5. The van der Waals surface area contributed by atoms with Crippen molar-refractivity contribution in [3.8, 4) is 0 Å². The molecule has 0 aliphatic heterocycles. The van der Waals surface area contributed by atoms with E-state index in [1.807, 2.05) is 20.8 Å². The molecule has 0 bridgehead atoms. The van der Waals surface area contributed by atoms with Crippen molar-refractivity contribution in [3.05, 3.63) is 0 Å². The van der Waals surface area contributed by atoms with Gasteiger partial charge in [-0.15, -0.1) is 0 Å². The highest BCUT2D eigenvalue weighted by Crippen LogP contribution is 2.00. The Morgan fingerprint density at radius 1 is 1.18 bits per heavy atom. The highest BCUT2D eigenvalue weighted by atomic mass is 16.4. The molecule has 0 saturated carbocycles. The Morgan fingerprint density at radius 3 is 2.35 bits per heavy atom.